The van der Waals surface area contributed by atoms with Gasteiger partial charge in [-0.1, -0.05) is 23.5 Å². The fourth-order valence-corrected chi connectivity index (χ4v) is 5.57. The molecule has 2 aromatic rings. The topological polar surface area (TPSA) is 73.3 Å². The highest BCUT2D eigenvalue weighted by molar-refractivity contribution is 7.18. The Morgan fingerprint density at radius 2 is 2.00 bits per heavy atom. The van der Waals surface area contributed by atoms with Crippen molar-refractivity contribution in [1.82, 2.24) is 10.2 Å². The molecular formula is C20H21N3O3S. The van der Waals surface area contributed by atoms with Crippen molar-refractivity contribution in [3.05, 3.63) is 30.4 Å². The number of anilines is 1. The number of methoxy groups -OCH3 is 2. The van der Waals surface area contributed by atoms with Crippen molar-refractivity contribution < 1.29 is 14.3 Å². The van der Waals surface area contributed by atoms with E-state index in [0.29, 0.717) is 33.9 Å². The summed E-state index contributed by atoms with van der Waals surface area (Å²) in [5, 5.41) is 12.7. The molecule has 0 aliphatic heterocycles. The normalized spacial score (nSPS) is 26.4. The van der Waals surface area contributed by atoms with Crippen LogP contribution in [0.2, 0.25) is 0 Å². The molecule has 3 aliphatic rings. The molecule has 1 heterocycles. The number of amides is 1. The number of nitrogens with zero attached hydrogens (tertiary/aromatic N) is 2. The van der Waals surface area contributed by atoms with Crippen LogP contribution in [0.5, 0.6) is 11.5 Å². The maximum Gasteiger partial charge on any atom is 0.229 e. The van der Waals surface area contributed by atoms with E-state index in [1.165, 1.54) is 24.2 Å². The molecule has 5 rings (SSSR count). The van der Waals surface area contributed by atoms with Gasteiger partial charge in [-0.05, 0) is 54.7 Å². The zero-order valence-corrected chi connectivity index (χ0v) is 16.1. The summed E-state index contributed by atoms with van der Waals surface area (Å²) < 4.78 is 10.6. The lowest BCUT2D eigenvalue weighted by Gasteiger charge is -2.18. The third-order valence-electron chi connectivity index (χ3n) is 6.34. The van der Waals surface area contributed by atoms with E-state index in [1.807, 2.05) is 18.2 Å². The summed E-state index contributed by atoms with van der Waals surface area (Å²) in [5.74, 6) is 2.44. The number of carbonyl (C=O) groups is 1. The van der Waals surface area contributed by atoms with E-state index in [0.717, 1.165) is 17.0 Å². The van der Waals surface area contributed by atoms with Crippen LogP contribution in [0.3, 0.4) is 0 Å². The molecule has 0 radical (unpaired) electrons. The van der Waals surface area contributed by atoms with Gasteiger partial charge >= 0.3 is 0 Å². The third-order valence-corrected chi connectivity index (χ3v) is 7.23. The Bertz CT molecular complexity index is 934. The van der Waals surface area contributed by atoms with E-state index in [-0.39, 0.29) is 11.8 Å². The van der Waals surface area contributed by atoms with Crippen LogP contribution in [-0.2, 0) is 4.79 Å². The Morgan fingerprint density at radius 3 is 2.70 bits per heavy atom. The van der Waals surface area contributed by atoms with Gasteiger partial charge in [0.15, 0.2) is 11.5 Å². The number of allylic oxidation sites excluding steroid dienone is 2. The minimum absolute atomic E-state index is 0.0657. The molecule has 3 atom stereocenters. The van der Waals surface area contributed by atoms with Gasteiger partial charge in [0.2, 0.25) is 11.0 Å². The average molecular weight is 383 g/mol. The quantitative estimate of drug-likeness (QED) is 0.796. The van der Waals surface area contributed by atoms with Gasteiger partial charge in [-0.3, -0.25) is 4.79 Å². The van der Waals surface area contributed by atoms with Gasteiger partial charge in [0.25, 0.3) is 0 Å². The predicted octanol–water partition coefficient (Wildman–Crippen LogP) is 3.76. The highest BCUT2D eigenvalue weighted by Crippen LogP contribution is 2.70. The lowest BCUT2D eigenvalue weighted by molar-refractivity contribution is -0.120. The van der Waals surface area contributed by atoms with Crippen LogP contribution >= 0.6 is 11.3 Å². The molecule has 1 spiro atoms. The highest BCUT2D eigenvalue weighted by Gasteiger charge is 2.64. The Labute approximate surface area is 161 Å². The van der Waals surface area contributed by atoms with Crippen molar-refractivity contribution in [3.63, 3.8) is 0 Å². The van der Waals surface area contributed by atoms with E-state index >= 15 is 0 Å². The number of hydrogen-bond donors (Lipinski definition) is 1. The minimum atomic E-state index is 0.0657. The molecule has 6 nitrogen and oxygen atoms in total. The summed E-state index contributed by atoms with van der Waals surface area (Å²) in [6.07, 6.45) is 8.08. The Hall–Kier alpha value is -2.41. The first kappa shape index (κ1) is 16.7. The molecule has 7 heteroatoms. The summed E-state index contributed by atoms with van der Waals surface area (Å²) in [7, 11) is 3.20. The molecule has 1 aromatic carbocycles. The predicted molar refractivity (Wildman–Crippen MR) is 103 cm³/mol. The molecule has 0 unspecified atom stereocenters. The average Bonchev–Trinajstić information content (AvgIpc) is 3.12. The molecule has 0 saturated heterocycles. The fourth-order valence-electron chi connectivity index (χ4n) is 4.83. The second-order valence-corrected chi connectivity index (χ2v) is 8.54. The van der Waals surface area contributed by atoms with Crippen molar-refractivity contribution >= 4 is 22.4 Å². The van der Waals surface area contributed by atoms with Crippen molar-refractivity contribution in [3.8, 4) is 22.1 Å². The van der Waals surface area contributed by atoms with Gasteiger partial charge in [-0.2, -0.15) is 0 Å². The number of nitrogens with one attached hydrogen (secondary N) is 1. The number of aromatic nitrogens is 2. The number of carbonyl (C=O) groups excluding carboxylic acids is 1. The summed E-state index contributed by atoms with van der Waals surface area (Å²) >= 11 is 1.37. The van der Waals surface area contributed by atoms with E-state index in [2.05, 4.69) is 27.7 Å². The van der Waals surface area contributed by atoms with Crippen LogP contribution in [0.15, 0.2) is 30.4 Å². The molecule has 2 bridgehead atoms. The molecule has 1 N–H and O–H groups in total. The van der Waals surface area contributed by atoms with Crippen LogP contribution < -0.4 is 14.8 Å². The molecule has 140 valence electrons. The molecule has 1 amide bonds. The van der Waals surface area contributed by atoms with E-state index < -0.39 is 0 Å². The summed E-state index contributed by atoms with van der Waals surface area (Å²) in [4.78, 5) is 12.8. The Balaban J connectivity index is 1.31. The minimum Gasteiger partial charge on any atom is -0.493 e. The second-order valence-electron chi connectivity index (χ2n) is 7.56. The van der Waals surface area contributed by atoms with Gasteiger partial charge in [0.1, 0.15) is 5.01 Å². The van der Waals surface area contributed by atoms with Crippen LogP contribution in [0.25, 0.3) is 10.6 Å². The lowest BCUT2D eigenvalue weighted by atomic mass is 9.88. The molecule has 2 fully saturated rings. The lowest BCUT2D eigenvalue weighted by Crippen LogP contribution is -2.27. The van der Waals surface area contributed by atoms with Gasteiger partial charge in [-0.25, -0.2) is 0 Å². The summed E-state index contributed by atoms with van der Waals surface area (Å²) in [5.41, 5.74) is 1.29. The third kappa shape index (κ3) is 2.56. The smallest absolute Gasteiger partial charge is 0.229 e. The van der Waals surface area contributed by atoms with Gasteiger partial charge in [0, 0.05) is 11.5 Å². The van der Waals surface area contributed by atoms with Gasteiger partial charge in [-0.15, -0.1) is 10.2 Å². The zero-order chi connectivity index (χ0) is 18.6. The highest BCUT2D eigenvalue weighted by atomic mass is 32.1. The first-order valence-electron chi connectivity index (χ1n) is 9.20. The molecule has 1 aromatic heterocycles. The van der Waals surface area contributed by atoms with Crippen molar-refractivity contribution in [1.29, 1.82) is 0 Å². The largest absolute Gasteiger partial charge is 0.493 e. The Kier molecular flexibility index (Phi) is 3.75. The maximum absolute atomic E-state index is 12.8. The number of rotatable bonds is 5. The Morgan fingerprint density at radius 1 is 1.19 bits per heavy atom. The van der Waals surface area contributed by atoms with Crippen LogP contribution in [0, 0.1) is 23.2 Å². The number of hydrogen-bond acceptors (Lipinski definition) is 6. The zero-order valence-electron chi connectivity index (χ0n) is 15.3. The van der Waals surface area contributed by atoms with Crippen molar-refractivity contribution in [2.45, 2.75) is 19.3 Å². The first-order chi connectivity index (χ1) is 13.1. The van der Waals surface area contributed by atoms with Crippen molar-refractivity contribution in [2.75, 3.05) is 19.5 Å². The van der Waals surface area contributed by atoms with Crippen LogP contribution in [0.1, 0.15) is 19.3 Å². The van der Waals surface area contributed by atoms with Crippen molar-refractivity contribution in [2.24, 2.45) is 23.2 Å². The molecule has 27 heavy (non-hydrogen) atoms. The van der Waals surface area contributed by atoms with Gasteiger partial charge in [0.05, 0.1) is 14.2 Å². The fraction of sp³-hybridized carbons (Fsp3) is 0.450. The van der Waals surface area contributed by atoms with Crippen LogP contribution in [0.4, 0.5) is 5.13 Å². The number of ether oxygens (including phenoxy) is 2. The summed E-state index contributed by atoms with van der Waals surface area (Å²) in [6.45, 7) is 0. The SMILES string of the molecule is COc1ccc(-c2nnc(NC(=O)[C@H]3C[C@H]4C=C[C@H]3C43CC3)s2)cc1OC. The van der Waals surface area contributed by atoms with E-state index in [4.69, 9.17) is 9.47 Å². The standard InChI is InChI=1S/C20H21N3O3S/c1-25-15-6-3-11(9-16(15)26-2)18-22-23-19(27-18)21-17(24)13-10-12-4-5-14(13)20(12)7-8-20/h3-6,9,12-14H,7-8,10H2,1-2H3,(H,21,23,24)/t12-,13+,14-/m1/s1. The maximum atomic E-state index is 12.8. The first-order valence-corrected chi connectivity index (χ1v) is 10.0. The monoisotopic (exact) mass is 383 g/mol. The molecular weight excluding hydrogens is 362 g/mol. The van der Waals surface area contributed by atoms with Crippen LogP contribution in [-0.4, -0.2) is 30.3 Å². The van der Waals surface area contributed by atoms with Gasteiger partial charge < -0.3 is 14.8 Å². The van der Waals surface area contributed by atoms with E-state index in [9.17, 15) is 4.79 Å². The second kappa shape index (κ2) is 6.05. The van der Waals surface area contributed by atoms with E-state index in [1.54, 1.807) is 14.2 Å². The molecule has 3 aliphatic carbocycles. The molecule has 2 saturated carbocycles. The summed E-state index contributed by atoms with van der Waals surface area (Å²) in [6, 6.07) is 5.61. The number of benzene rings is 1.